The van der Waals surface area contributed by atoms with E-state index in [-0.39, 0.29) is 12.5 Å². The first-order chi connectivity index (χ1) is 10.8. The fourth-order valence-corrected chi connectivity index (χ4v) is 1.77. The number of hydrogen-bond donors (Lipinski definition) is 1. The number of benzene rings is 2. The van der Waals surface area contributed by atoms with Gasteiger partial charge in [0.25, 0.3) is 0 Å². The number of hydrogen-bond acceptors (Lipinski definition) is 4. The van der Waals surface area contributed by atoms with Crippen molar-refractivity contribution in [2.45, 2.75) is 6.42 Å². The normalized spacial score (nSPS) is 10.1. The second kappa shape index (κ2) is 8.22. The number of carbonyl (C=O) groups is 1. The van der Waals surface area contributed by atoms with Crippen LogP contribution in [0.4, 0.5) is 0 Å². The molecule has 1 N–H and O–H groups in total. The van der Waals surface area contributed by atoms with Crippen LogP contribution in [0.2, 0.25) is 0 Å². The molecule has 0 fully saturated rings. The lowest BCUT2D eigenvalue weighted by atomic mass is 10.1. The molecule has 0 aromatic heterocycles. The van der Waals surface area contributed by atoms with Gasteiger partial charge in [0.1, 0.15) is 11.8 Å². The number of nitrogens with zero attached hydrogens (tertiary/aromatic N) is 2. The van der Waals surface area contributed by atoms with Gasteiger partial charge in [0.2, 0.25) is 5.91 Å². The average Bonchev–Trinajstić information content (AvgIpc) is 2.55. The summed E-state index contributed by atoms with van der Waals surface area (Å²) in [7, 11) is 0. The molecule has 0 bridgehead atoms. The third-order valence-corrected chi connectivity index (χ3v) is 2.79. The lowest BCUT2D eigenvalue weighted by molar-refractivity contribution is -0.120. The monoisotopic (exact) mass is 293 g/mol. The largest absolute Gasteiger partial charge is 0.479 e. The van der Waals surface area contributed by atoms with Crippen molar-refractivity contribution < 1.29 is 9.53 Å². The van der Waals surface area contributed by atoms with Crippen molar-refractivity contribution in [1.82, 2.24) is 5.43 Å². The lowest BCUT2D eigenvalue weighted by Gasteiger charge is -2.01. The highest BCUT2D eigenvalue weighted by Gasteiger charge is 2.00. The van der Waals surface area contributed by atoms with Crippen LogP contribution in [0.1, 0.15) is 11.1 Å². The Morgan fingerprint density at radius 1 is 1.18 bits per heavy atom. The van der Waals surface area contributed by atoms with Gasteiger partial charge in [-0.1, -0.05) is 30.3 Å². The number of carbonyl (C=O) groups excluding carboxylic acids is 1. The minimum atomic E-state index is -0.170. The summed E-state index contributed by atoms with van der Waals surface area (Å²) in [6.07, 6.45) is 1.84. The van der Waals surface area contributed by atoms with Gasteiger partial charge in [0, 0.05) is 0 Å². The van der Waals surface area contributed by atoms with Gasteiger partial charge in [0.05, 0.1) is 12.6 Å². The van der Waals surface area contributed by atoms with Crippen molar-refractivity contribution >= 4 is 12.1 Å². The highest BCUT2D eigenvalue weighted by atomic mass is 16.5. The molecule has 0 heterocycles. The Morgan fingerprint density at radius 2 is 1.91 bits per heavy atom. The molecule has 0 aliphatic rings. The molecule has 0 atom stereocenters. The van der Waals surface area contributed by atoms with Gasteiger partial charge < -0.3 is 4.74 Å². The minimum absolute atomic E-state index is 0.0168. The van der Waals surface area contributed by atoms with E-state index in [0.29, 0.717) is 12.2 Å². The topological polar surface area (TPSA) is 74.5 Å². The summed E-state index contributed by atoms with van der Waals surface area (Å²) < 4.78 is 5.14. The quantitative estimate of drug-likeness (QED) is 0.656. The third-order valence-electron chi connectivity index (χ3n) is 2.79. The van der Waals surface area contributed by atoms with Gasteiger partial charge in [-0.15, -0.1) is 0 Å². The van der Waals surface area contributed by atoms with Crippen LogP contribution in [-0.2, 0) is 11.2 Å². The molecule has 2 aromatic rings. The van der Waals surface area contributed by atoms with Crippen LogP contribution in [0.3, 0.4) is 0 Å². The Bertz CT molecular complexity index is 673. The summed E-state index contributed by atoms with van der Waals surface area (Å²) in [5.74, 6) is 0.447. The van der Waals surface area contributed by atoms with E-state index >= 15 is 0 Å². The molecule has 5 nitrogen and oxygen atoms in total. The molecule has 0 aliphatic heterocycles. The molecule has 0 saturated heterocycles. The number of nitriles is 1. The van der Waals surface area contributed by atoms with Gasteiger partial charge >= 0.3 is 0 Å². The Morgan fingerprint density at radius 3 is 2.59 bits per heavy atom. The molecule has 0 aliphatic carbocycles. The van der Waals surface area contributed by atoms with E-state index in [9.17, 15) is 4.79 Å². The molecule has 0 unspecified atom stereocenters. The van der Waals surface area contributed by atoms with E-state index < -0.39 is 0 Å². The summed E-state index contributed by atoms with van der Waals surface area (Å²) in [4.78, 5) is 11.7. The van der Waals surface area contributed by atoms with Crippen LogP contribution in [0.5, 0.6) is 5.75 Å². The SMILES string of the molecule is N#CCOc1ccc(/C=N\NC(=O)Cc2ccccc2)cc1. The van der Waals surface area contributed by atoms with Crippen molar-refractivity contribution in [2.75, 3.05) is 6.61 Å². The molecular weight excluding hydrogens is 278 g/mol. The zero-order chi connectivity index (χ0) is 15.6. The van der Waals surface area contributed by atoms with Crippen LogP contribution >= 0.6 is 0 Å². The molecule has 1 amide bonds. The summed E-state index contributed by atoms with van der Waals surface area (Å²) in [5.41, 5.74) is 4.25. The first kappa shape index (κ1) is 15.3. The van der Waals surface area contributed by atoms with Crippen LogP contribution in [-0.4, -0.2) is 18.7 Å². The Balaban J connectivity index is 1.82. The number of ether oxygens (including phenoxy) is 1. The molecular formula is C17H15N3O2. The van der Waals surface area contributed by atoms with Crippen LogP contribution in [0.25, 0.3) is 0 Å². The molecule has 0 radical (unpaired) electrons. The average molecular weight is 293 g/mol. The highest BCUT2D eigenvalue weighted by Crippen LogP contribution is 2.10. The van der Waals surface area contributed by atoms with E-state index in [4.69, 9.17) is 10.00 Å². The Kier molecular flexibility index (Phi) is 5.70. The molecule has 110 valence electrons. The molecule has 22 heavy (non-hydrogen) atoms. The number of hydrazone groups is 1. The first-order valence-electron chi connectivity index (χ1n) is 6.73. The molecule has 2 aromatic carbocycles. The van der Waals surface area contributed by atoms with E-state index in [1.807, 2.05) is 36.4 Å². The lowest BCUT2D eigenvalue weighted by Crippen LogP contribution is -2.19. The van der Waals surface area contributed by atoms with Gasteiger partial charge in [-0.05, 0) is 35.4 Å². The summed E-state index contributed by atoms with van der Waals surface area (Å²) in [6.45, 7) is 0.0168. The fraction of sp³-hybridized carbons (Fsp3) is 0.118. The molecule has 2 rings (SSSR count). The van der Waals surface area contributed by atoms with Crippen LogP contribution in [0.15, 0.2) is 59.7 Å². The zero-order valence-electron chi connectivity index (χ0n) is 11.9. The van der Waals surface area contributed by atoms with Gasteiger partial charge in [0.15, 0.2) is 6.61 Å². The van der Waals surface area contributed by atoms with Crippen molar-refractivity contribution in [3.63, 3.8) is 0 Å². The fourth-order valence-electron chi connectivity index (χ4n) is 1.77. The first-order valence-corrected chi connectivity index (χ1v) is 6.73. The maximum Gasteiger partial charge on any atom is 0.244 e. The third kappa shape index (κ3) is 5.10. The minimum Gasteiger partial charge on any atom is -0.479 e. The summed E-state index contributed by atoms with van der Waals surface area (Å²) in [5, 5.41) is 12.3. The molecule has 0 saturated carbocycles. The predicted octanol–water partition coefficient (Wildman–Crippen LogP) is 2.28. The van der Waals surface area contributed by atoms with E-state index in [0.717, 1.165) is 11.1 Å². The van der Waals surface area contributed by atoms with Gasteiger partial charge in [-0.2, -0.15) is 10.4 Å². The maximum atomic E-state index is 11.7. The number of amides is 1. The van der Waals surface area contributed by atoms with E-state index in [1.54, 1.807) is 30.5 Å². The van der Waals surface area contributed by atoms with E-state index in [1.165, 1.54) is 0 Å². The maximum absolute atomic E-state index is 11.7. The van der Waals surface area contributed by atoms with E-state index in [2.05, 4.69) is 10.5 Å². The zero-order valence-corrected chi connectivity index (χ0v) is 11.9. The van der Waals surface area contributed by atoms with Crippen molar-refractivity contribution in [2.24, 2.45) is 5.10 Å². The Labute approximate surface area is 128 Å². The van der Waals surface area contributed by atoms with Crippen molar-refractivity contribution in [3.05, 3.63) is 65.7 Å². The summed E-state index contributed by atoms with van der Waals surface area (Å²) in [6, 6.07) is 18.4. The molecule has 5 heteroatoms. The second-order valence-corrected chi connectivity index (χ2v) is 4.47. The van der Waals surface area contributed by atoms with Crippen molar-refractivity contribution in [3.8, 4) is 11.8 Å². The summed E-state index contributed by atoms with van der Waals surface area (Å²) >= 11 is 0. The Hall–Kier alpha value is -3.13. The number of rotatable bonds is 6. The number of nitrogens with one attached hydrogen (secondary N) is 1. The van der Waals surface area contributed by atoms with Gasteiger partial charge in [-0.25, -0.2) is 5.43 Å². The van der Waals surface area contributed by atoms with Gasteiger partial charge in [-0.3, -0.25) is 4.79 Å². The second-order valence-electron chi connectivity index (χ2n) is 4.47. The highest BCUT2D eigenvalue weighted by molar-refractivity contribution is 5.83. The van der Waals surface area contributed by atoms with Crippen molar-refractivity contribution in [1.29, 1.82) is 5.26 Å². The van der Waals surface area contributed by atoms with Crippen LogP contribution in [0, 0.1) is 11.3 Å². The van der Waals surface area contributed by atoms with Crippen LogP contribution < -0.4 is 10.2 Å². The standard InChI is InChI=1S/C17H15N3O2/c18-10-11-22-16-8-6-15(7-9-16)13-19-20-17(21)12-14-4-2-1-3-5-14/h1-9,13H,11-12H2,(H,20,21)/b19-13-. The predicted molar refractivity (Wildman–Crippen MR) is 83.4 cm³/mol. The smallest absolute Gasteiger partial charge is 0.244 e. The molecule has 0 spiro atoms.